The lowest BCUT2D eigenvalue weighted by Crippen LogP contribution is -2.52. The lowest BCUT2D eigenvalue weighted by atomic mass is 9.90. The molecule has 3 nitrogen and oxygen atoms in total. The van der Waals surface area contributed by atoms with Gasteiger partial charge in [0.15, 0.2) is 0 Å². The van der Waals surface area contributed by atoms with Crippen LogP contribution >= 0.6 is 0 Å². The van der Waals surface area contributed by atoms with Crippen molar-refractivity contribution in [2.75, 3.05) is 6.54 Å². The third-order valence-corrected chi connectivity index (χ3v) is 4.10. The average Bonchev–Trinajstić information content (AvgIpc) is 2.96. The molecule has 1 aliphatic heterocycles. The maximum atomic E-state index is 11.3. The molecule has 0 aromatic carbocycles. The summed E-state index contributed by atoms with van der Waals surface area (Å²) >= 11 is 0. The first-order valence-corrected chi connectivity index (χ1v) is 6.10. The highest BCUT2D eigenvalue weighted by Crippen LogP contribution is 2.38. The quantitative estimate of drug-likeness (QED) is 0.776. The Balaban J connectivity index is 2.08. The molecule has 1 saturated carbocycles. The van der Waals surface area contributed by atoms with Gasteiger partial charge < -0.3 is 5.11 Å². The Morgan fingerprint density at radius 1 is 1.33 bits per heavy atom. The van der Waals surface area contributed by atoms with E-state index in [0.717, 1.165) is 25.8 Å². The molecule has 15 heavy (non-hydrogen) atoms. The SMILES string of the molecule is CC1CCCN(C(C(=O)O)C2CC2)C1C. The van der Waals surface area contributed by atoms with E-state index in [9.17, 15) is 9.90 Å². The van der Waals surface area contributed by atoms with Gasteiger partial charge in [-0.15, -0.1) is 0 Å². The van der Waals surface area contributed by atoms with E-state index in [0.29, 0.717) is 17.9 Å². The third-order valence-electron chi connectivity index (χ3n) is 4.10. The Morgan fingerprint density at radius 2 is 2.00 bits per heavy atom. The molecule has 3 unspecified atom stereocenters. The van der Waals surface area contributed by atoms with E-state index in [4.69, 9.17) is 0 Å². The largest absolute Gasteiger partial charge is 0.480 e. The molecule has 0 aromatic rings. The van der Waals surface area contributed by atoms with E-state index in [1.165, 1.54) is 6.42 Å². The molecule has 1 N–H and O–H groups in total. The second-order valence-electron chi connectivity index (χ2n) is 5.22. The van der Waals surface area contributed by atoms with E-state index in [2.05, 4.69) is 18.7 Å². The van der Waals surface area contributed by atoms with Crippen LogP contribution in [0.4, 0.5) is 0 Å². The van der Waals surface area contributed by atoms with E-state index in [1.807, 2.05) is 0 Å². The van der Waals surface area contributed by atoms with Gasteiger partial charge in [-0.1, -0.05) is 6.92 Å². The van der Waals surface area contributed by atoms with Crippen molar-refractivity contribution in [3.05, 3.63) is 0 Å². The van der Waals surface area contributed by atoms with Gasteiger partial charge in [-0.25, -0.2) is 0 Å². The van der Waals surface area contributed by atoms with Gasteiger partial charge in [0.25, 0.3) is 0 Å². The standard InChI is InChI=1S/C12H21NO2/c1-8-4-3-7-13(9(8)2)11(12(14)15)10-5-6-10/h8-11H,3-7H2,1-2H3,(H,14,15). The van der Waals surface area contributed by atoms with Crippen molar-refractivity contribution in [3.8, 4) is 0 Å². The predicted octanol–water partition coefficient (Wildman–Crippen LogP) is 1.97. The lowest BCUT2D eigenvalue weighted by molar-refractivity contribution is -0.146. The van der Waals surface area contributed by atoms with Crippen LogP contribution in [0.1, 0.15) is 39.5 Å². The molecule has 0 aromatic heterocycles. The number of carboxylic acid groups (broad SMARTS) is 1. The second-order valence-corrected chi connectivity index (χ2v) is 5.22. The number of hydrogen-bond acceptors (Lipinski definition) is 2. The van der Waals surface area contributed by atoms with Crippen LogP contribution in [0.25, 0.3) is 0 Å². The highest BCUT2D eigenvalue weighted by atomic mass is 16.4. The van der Waals surface area contributed by atoms with Crippen molar-refractivity contribution in [2.24, 2.45) is 11.8 Å². The summed E-state index contributed by atoms with van der Waals surface area (Å²) in [6.07, 6.45) is 4.61. The Hall–Kier alpha value is -0.570. The summed E-state index contributed by atoms with van der Waals surface area (Å²) in [5, 5.41) is 9.30. The molecule has 1 aliphatic carbocycles. The molecule has 2 fully saturated rings. The number of likely N-dealkylation sites (tertiary alicyclic amines) is 1. The summed E-state index contributed by atoms with van der Waals surface area (Å²) in [6, 6.07) is 0.225. The number of aliphatic carboxylic acids is 1. The fourth-order valence-corrected chi connectivity index (χ4v) is 2.79. The topological polar surface area (TPSA) is 40.5 Å². The van der Waals surface area contributed by atoms with Crippen LogP contribution in [0, 0.1) is 11.8 Å². The molecule has 1 saturated heterocycles. The molecule has 0 radical (unpaired) electrons. The van der Waals surface area contributed by atoms with Crippen molar-refractivity contribution in [1.29, 1.82) is 0 Å². The number of carboxylic acids is 1. The van der Waals surface area contributed by atoms with Gasteiger partial charge in [0.1, 0.15) is 6.04 Å². The molecule has 86 valence electrons. The maximum Gasteiger partial charge on any atom is 0.321 e. The summed E-state index contributed by atoms with van der Waals surface area (Å²) in [7, 11) is 0. The van der Waals surface area contributed by atoms with Crippen molar-refractivity contribution < 1.29 is 9.90 Å². The normalized spacial score (nSPS) is 35.1. The molecule has 1 heterocycles. The van der Waals surface area contributed by atoms with Crippen LogP contribution < -0.4 is 0 Å². The van der Waals surface area contributed by atoms with Crippen molar-refractivity contribution in [1.82, 2.24) is 4.90 Å². The average molecular weight is 211 g/mol. The number of rotatable bonds is 3. The molecule has 3 atom stereocenters. The van der Waals surface area contributed by atoms with Crippen LogP contribution in [0.15, 0.2) is 0 Å². The molecular weight excluding hydrogens is 190 g/mol. The van der Waals surface area contributed by atoms with Gasteiger partial charge in [0.05, 0.1) is 0 Å². The van der Waals surface area contributed by atoms with Crippen LogP contribution in [0.3, 0.4) is 0 Å². The Kier molecular flexibility index (Phi) is 3.01. The first kappa shape index (κ1) is 10.9. The monoisotopic (exact) mass is 211 g/mol. The van der Waals surface area contributed by atoms with E-state index >= 15 is 0 Å². The van der Waals surface area contributed by atoms with Gasteiger partial charge in [0.2, 0.25) is 0 Å². The lowest BCUT2D eigenvalue weighted by Gasteiger charge is -2.41. The van der Waals surface area contributed by atoms with E-state index in [1.54, 1.807) is 0 Å². The first-order valence-electron chi connectivity index (χ1n) is 6.10. The van der Waals surface area contributed by atoms with E-state index in [-0.39, 0.29) is 6.04 Å². The fourth-order valence-electron chi connectivity index (χ4n) is 2.79. The number of piperidine rings is 1. The first-order chi connectivity index (χ1) is 7.11. The van der Waals surface area contributed by atoms with Crippen LogP contribution in [0.2, 0.25) is 0 Å². The van der Waals surface area contributed by atoms with Crippen LogP contribution in [-0.4, -0.2) is 34.6 Å². The molecule has 2 rings (SSSR count). The molecule has 2 aliphatic rings. The fraction of sp³-hybridized carbons (Fsp3) is 0.917. The summed E-state index contributed by atoms with van der Waals surface area (Å²) in [4.78, 5) is 13.5. The zero-order valence-corrected chi connectivity index (χ0v) is 9.65. The Morgan fingerprint density at radius 3 is 2.53 bits per heavy atom. The highest BCUT2D eigenvalue weighted by molar-refractivity contribution is 5.74. The van der Waals surface area contributed by atoms with Crippen molar-refractivity contribution >= 4 is 5.97 Å². The molecular formula is C12H21NO2. The van der Waals surface area contributed by atoms with E-state index < -0.39 is 5.97 Å². The minimum Gasteiger partial charge on any atom is -0.480 e. The smallest absolute Gasteiger partial charge is 0.321 e. The summed E-state index contributed by atoms with van der Waals surface area (Å²) < 4.78 is 0. The zero-order chi connectivity index (χ0) is 11.0. The summed E-state index contributed by atoms with van der Waals surface area (Å²) in [5.41, 5.74) is 0. The van der Waals surface area contributed by atoms with Gasteiger partial charge in [-0.05, 0) is 51.0 Å². The minimum absolute atomic E-state index is 0.206. The number of carbonyl (C=O) groups is 1. The van der Waals surface area contributed by atoms with Crippen molar-refractivity contribution in [2.45, 2.75) is 51.6 Å². The maximum absolute atomic E-state index is 11.3. The summed E-state index contributed by atoms with van der Waals surface area (Å²) in [6.45, 7) is 5.39. The third kappa shape index (κ3) is 2.17. The molecule has 3 heteroatoms. The van der Waals surface area contributed by atoms with Crippen LogP contribution in [0.5, 0.6) is 0 Å². The number of hydrogen-bond donors (Lipinski definition) is 1. The van der Waals surface area contributed by atoms with Crippen molar-refractivity contribution in [3.63, 3.8) is 0 Å². The Bertz CT molecular complexity index is 250. The highest BCUT2D eigenvalue weighted by Gasteiger charge is 2.43. The molecule has 0 bridgehead atoms. The van der Waals surface area contributed by atoms with Gasteiger partial charge >= 0.3 is 5.97 Å². The van der Waals surface area contributed by atoms with Gasteiger partial charge in [0, 0.05) is 6.04 Å². The predicted molar refractivity (Wildman–Crippen MR) is 58.7 cm³/mol. The minimum atomic E-state index is -0.613. The second kappa shape index (κ2) is 4.12. The molecule has 0 amide bonds. The molecule has 0 spiro atoms. The van der Waals surface area contributed by atoms with Gasteiger partial charge in [-0.2, -0.15) is 0 Å². The van der Waals surface area contributed by atoms with Crippen LogP contribution in [-0.2, 0) is 4.79 Å². The Labute approximate surface area is 91.5 Å². The summed E-state index contributed by atoms with van der Waals surface area (Å²) in [5.74, 6) is 0.452. The zero-order valence-electron chi connectivity index (χ0n) is 9.65. The van der Waals surface area contributed by atoms with Gasteiger partial charge in [-0.3, -0.25) is 9.69 Å². The number of nitrogens with zero attached hydrogens (tertiary/aromatic N) is 1.